The van der Waals surface area contributed by atoms with Gasteiger partial charge in [-0.05, 0) is 23.6 Å². The molecular weight excluding hydrogens is 354 g/mol. The van der Waals surface area contributed by atoms with E-state index in [9.17, 15) is 9.59 Å². The molecule has 0 spiro atoms. The van der Waals surface area contributed by atoms with Crippen LogP contribution in [0.5, 0.6) is 0 Å². The number of nitrogens with zero attached hydrogens (tertiary/aromatic N) is 5. The first kappa shape index (κ1) is 19.8. The van der Waals surface area contributed by atoms with Crippen LogP contribution in [0.3, 0.4) is 0 Å². The SMILES string of the molecule is CC(=O)N(CC(=O)N1CCN(c2ncccn2)CC1)c1ccccc1C(C)C. The quantitative estimate of drug-likeness (QED) is 0.795. The Morgan fingerprint density at radius 3 is 2.29 bits per heavy atom. The van der Waals surface area contributed by atoms with Gasteiger partial charge in [-0.15, -0.1) is 0 Å². The highest BCUT2D eigenvalue weighted by Crippen LogP contribution is 2.27. The van der Waals surface area contributed by atoms with Gasteiger partial charge in [0.2, 0.25) is 17.8 Å². The fraction of sp³-hybridized carbons (Fsp3) is 0.429. The van der Waals surface area contributed by atoms with Crippen molar-refractivity contribution in [2.75, 3.05) is 42.5 Å². The monoisotopic (exact) mass is 381 g/mol. The summed E-state index contributed by atoms with van der Waals surface area (Å²) in [6.45, 7) is 8.28. The van der Waals surface area contributed by atoms with Crippen LogP contribution in [-0.4, -0.2) is 59.4 Å². The van der Waals surface area contributed by atoms with E-state index >= 15 is 0 Å². The van der Waals surface area contributed by atoms with Crippen molar-refractivity contribution < 1.29 is 9.59 Å². The van der Waals surface area contributed by atoms with Gasteiger partial charge in [0.15, 0.2) is 0 Å². The number of anilines is 2. The molecule has 2 amide bonds. The van der Waals surface area contributed by atoms with Gasteiger partial charge in [0.1, 0.15) is 6.54 Å². The van der Waals surface area contributed by atoms with Gasteiger partial charge in [0.25, 0.3) is 0 Å². The van der Waals surface area contributed by atoms with E-state index in [1.807, 2.05) is 29.2 Å². The molecule has 0 bridgehead atoms. The molecule has 1 fully saturated rings. The van der Waals surface area contributed by atoms with Gasteiger partial charge in [-0.3, -0.25) is 9.59 Å². The van der Waals surface area contributed by atoms with Gasteiger partial charge in [-0.1, -0.05) is 32.0 Å². The zero-order valence-corrected chi connectivity index (χ0v) is 16.7. The van der Waals surface area contributed by atoms with Crippen LogP contribution >= 0.6 is 0 Å². The minimum absolute atomic E-state index is 0.0395. The largest absolute Gasteiger partial charge is 0.338 e. The van der Waals surface area contributed by atoms with Gasteiger partial charge in [-0.25, -0.2) is 9.97 Å². The zero-order chi connectivity index (χ0) is 20.1. The number of piperazine rings is 1. The van der Waals surface area contributed by atoms with Crippen LogP contribution in [-0.2, 0) is 9.59 Å². The van der Waals surface area contributed by atoms with Gasteiger partial charge >= 0.3 is 0 Å². The maximum atomic E-state index is 12.9. The minimum Gasteiger partial charge on any atom is -0.338 e. The molecule has 28 heavy (non-hydrogen) atoms. The Morgan fingerprint density at radius 2 is 1.68 bits per heavy atom. The Hall–Kier alpha value is -2.96. The van der Waals surface area contributed by atoms with E-state index in [-0.39, 0.29) is 24.3 Å². The third-order valence-corrected chi connectivity index (χ3v) is 4.99. The van der Waals surface area contributed by atoms with Gasteiger partial charge in [0, 0.05) is 51.2 Å². The lowest BCUT2D eigenvalue weighted by Gasteiger charge is -2.36. The van der Waals surface area contributed by atoms with Crippen molar-refractivity contribution in [2.24, 2.45) is 0 Å². The zero-order valence-electron chi connectivity index (χ0n) is 16.7. The average Bonchev–Trinajstić information content (AvgIpc) is 2.72. The van der Waals surface area contributed by atoms with E-state index in [1.54, 1.807) is 23.4 Å². The topological polar surface area (TPSA) is 69.6 Å². The molecule has 2 aromatic rings. The summed E-state index contributed by atoms with van der Waals surface area (Å²) in [5.74, 6) is 0.786. The summed E-state index contributed by atoms with van der Waals surface area (Å²) in [4.78, 5) is 39.2. The van der Waals surface area contributed by atoms with Crippen molar-refractivity contribution in [3.63, 3.8) is 0 Å². The van der Waals surface area contributed by atoms with E-state index in [4.69, 9.17) is 0 Å². The van der Waals surface area contributed by atoms with Crippen molar-refractivity contribution in [2.45, 2.75) is 26.7 Å². The summed E-state index contributed by atoms with van der Waals surface area (Å²) >= 11 is 0. The van der Waals surface area contributed by atoms with Crippen LogP contribution < -0.4 is 9.80 Å². The number of rotatable bonds is 5. The number of para-hydroxylation sites is 1. The molecule has 0 N–H and O–H groups in total. The summed E-state index contributed by atoms with van der Waals surface area (Å²) in [5.41, 5.74) is 1.88. The standard InChI is InChI=1S/C21H27N5O2/c1-16(2)18-7-4-5-8-19(18)26(17(3)27)15-20(28)24-11-13-25(14-12-24)21-22-9-6-10-23-21/h4-10,16H,11-15H2,1-3H3. The maximum absolute atomic E-state index is 12.9. The molecule has 1 aromatic heterocycles. The summed E-state index contributed by atoms with van der Waals surface area (Å²) in [7, 11) is 0. The van der Waals surface area contributed by atoms with Crippen LogP contribution in [0.1, 0.15) is 32.3 Å². The fourth-order valence-corrected chi connectivity index (χ4v) is 3.43. The van der Waals surface area contributed by atoms with Crippen LogP contribution in [0.4, 0.5) is 11.6 Å². The van der Waals surface area contributed by atoms with Crippen molar-refractivity contribution >= 4 is 23.5 Å². The molecule has 148 valence electrons. The molecule has 1 aromatic carbocycles. The molecule has 1 aliphatic heterocycles. The summed E-state index contributed by atoms with van der Waals surface area (Å²) in [6.07, 6.45) is 3.44. The summed E-state index contributed by atoms with van der Waals surface area (Å²) in [5, 5.41) is 0. The predicted octanol–water partition coefficient (Wildman–Crippen LogP) is 2.30. The van der Waals surface area contributed by atoms with Crippen molar-refractivity contribution in [1.82, 2.24) is 14.9 Å². The number of amides is 2. The molecule has 7 nitrogen and oxygen atoms in total. The number of hydrogen-bond acceptors (Lipinski definition) is 5. The van der Waals surface area contributed by atoms with Crippen LogP contribution in [0.25, 0.3) is 0 Å². The molecule has 0 aliphatic carbocycles. The lowest BCUT2D eigenvalue weighted by atomic mass is 10.0. The second-order valence-electron chi connectivity index (χ2n) is 7.24. The van der Waals surface area contributed by atoms with Crippen molar-refractivity contribution in [1.29, 1.82) is 0 Å². The molecule has 2 heterocycles. The molecule has 0 atom stereocenters. The molecule has 0 radical (unpaired) electrons. The lowest BCUT2D eigenvalue weighted by Crippen LogP contribution is -2.52. The van der Waals surface area contributed by atoms with E-state index in [0.717, 1.165) is 11.3 Å². The molecule has 7 heteroatoms. The molecular formula is C21H27N5O2. The summed E-state index contributed by atoms with van der Waals surface area (Å²) in [6, 6.07) is 9.58. The lowest BCUT2D eigenvalue weighted by molar-refractivity contribution is -0.131. The molecule has 3 rings (SSSR count). The van der Waals surface area contributed by atoms with Gasteiger partial charge in [-0.2, -0.15) is 0 Å². The Morgan fingerprint density at radius 1 is 1.04 bits per heavy atom. The van der Waals surface area contributed by atoms with E-state index in [1.165, 1.54) is 6.92 Å². The minimum atomic E-state index is -0.127. The molecule has 1 aliphatic rings. The first-order chi connectivity index (χ1) is 13.5. The van der Waals surface area contributed by atoms with Crippen molar-refractivity contribution in [3.8, 4) is 0 Å². The molecule has 1 saturated heterocycles. The fourth-order valence-electron chi connectivity index (χ4n) is 3.43. The van der Waals surface area contributed by atoms with E-state index < -0.39 is 0 Å². The highest BCUT2D eigenvalue weighted by atomic mass is 16.2. The molecule has 0 saturated carbocycles. The highest BCUT2D eigenvalue weighted by Gasteiger charge is 2.26. The van der Waals surface area contributed by atoms with Crippen LogP contribution in [0, 0.1) is 0 Å². The predicted molar refractivity (Wildman–Crippen MR) is 109 cm³/mol. The maximum Gasteiger partial charge on any atom is 0.242 e. The second-order valence-corrected chi connectivity index (χ2v) is 7.24. The Kier molecular flexibility index (Phi) is 6.23. The number of carbonyl (C=O) groups is 2. The first-order valence-electron chi connectivity index (χ1n) is 9.64. The van der Waals surface area contributed by atoms with Gasteiger partial charge in [0.05, 0.1) is 0 Å². The first-order valence-corrected chi connectivity index (χ1v) is 9.64. The highest BCUT2D eigenvalue weighted by molar-refractivity contribution is 5.98. The van der Waals surface area contributed by atoms with Crippen LogP contribution in [0.2, 0.25) is 0 Å². The smallest absolute Gasteiger partial charge is 0.242 e. The van der Waals surface area contributed by atoms with Crippen LogP contribution in [0.15, 0.2) is 42.7 Å². The number of carbonyl (C=O) groups excluding carboxylic acids is 2. The van der Waals surface area contributed by atoms with E-state index in [2.05, 4.69) is 28.7 Å². The number of hydrogen-bond donors (Lipinski definition) is 0. The van der Waals surface area contributed by atoms with E-state index in [0.29, 0.717) is 32.1 Å². The second kappa shape index (κ2) is 8.82. The van der Waals surface area contributed by atoms with Crippen molar-refractivity contribution in [3.05, 3.63) is 48.3 Å². The Balaban J connectivity index is 1.67. The van der Waals surface area contributed by atoms with Gasteiger partial charge < -0.3 is 14.7 Å². The molecule has 0 unspecified atom stereocenters. The third kappa shape index (κ3) is 4.47. The average molecular weight is 381 g/mol. The Labute approximate surface area is 166 Å². The Bertz CT molecular complexity index is 817. The summed E-state index contributed by atoms with van der Waals surface area (Å²) < 4.78 is 0. The number of benzene rings is 1. The number of aromatic nitrogens is 2. The third-order valence-electron chi connectivity index (χ3n) is 4.99. The normalized spacial score (nSPS) is 14.3.